The van der Waals surface area contributed by atoms with Crippen molar-refractivity contribution in [1.29, 1.82) is 0 Å². The van der Waals surface area contributed by atoms with Crippen LogP contribution in [0, 0.1) is 0 Å². The number of carbonyl (C=O) groups excluding carboxylic acids is 2. The van der Waals surface area contributed by atoms with Gasteiger partial charge < -0.3 is 0 Å². The molecule has 0 aromatic heterocycles. The normalized spacial score (nSPS) is 12.2. The monoisotopic (exact) mass is 478 g/mol. The zero-order valence-corrected chi connectivity index (χ0v) is 19.6. The van der Waals surface area contributed by atoms with E-state index in [1.807, 2.05) is 0 Å². The number of hydrogen-bond acceptors (Lipinski definition) is 4. The van der Waals surface area contributed by atoms with Gasteiger partial charge in [-0.1, -0.05) is 121 Å². The number of Topliss-reactive ketones (excluding diaryl/α,β-unsaturated/α-hetero) is 2. The molecule has 0 bridgehead atoms. The van der Waals surface area contributed by atoms with Crippen LogP contribution in [0.2, 0.25) is 0 Å². The highest BCUT2D eigenvalue weighted by atomic mass is 32.2. The van der Waals surface area contributed by atoms with Gasteiger partial charge in [0.1, 0.15) is 9.81 Å². The molecule has 0 N–H and O–H groups in total. The first kappa shape index (κ1) is 23.8. The lowest BCUT2D eigenvalue weighted by molar-refractivity contribution is 0.103. The van der Waals surface area contributed by atoms with Gasteiger partial charge in [-0.3, -0.25) is 9.59 Å². The molecule has 0 spiro atoms. The summed E-state index contributed by atoms with van der Waals surface area (Å²) in [5.74, 6) is -1.37. The summed E-state index contributed by atoms with van der Waals surface area (Å²) in [5, 5.41) is 0. The molecule has 0 aliphatic rings. The van der Waals surface area contributed by atoms with Crippen LogP contribution in [0.4, 0.5) is 0 Å². The van der Waals surface area contributed by atoms with E-state index in [2.05, 4.69) is 0 Å². The van der Waals surface area contributed by atoms with Gasteiger partial charge in [0, 0.05) is 11.1 Å². The molecule has 4 aromatic rings. The maximum atomic E-state index is 14.1. The summed E-state index contributed by atoms with van der Waals surface area (Å²) >= 11 is 0. The molecular formula is C30H22O4S. The second kappa shape index (κ2) is 10.7. The van der Waals surface area contributed by atoms with E-state index >= 15 is 0 Å². The quantitative estimate of drug-likeness (QED) is 0.222. The van der Waals surface area contributed by atoms with Crippen LogP contribution in [0.25, 0.3) is 12.2 Å². The maximum absolute atomic E-state index is 14.1. The third-order valence-electron chi connectivity index (χ3n) is 5.29. The van der Waals surface area contributed by atoms with Crippen molar-refractivity contribution in [1.82, 2.24) is 0 Å². The smallest absolute Gasteiger partial charge is 0.214 e. The number of ketones is 2. The molecule has 0 saturated heterocycles. The lowest BCUT2D eigenvalue weighted by Gasteiger charge is -2.13. The number of sulfone groups is 1. The summed E-state index contributed by atoms with van der Waals surface area (Å²) in [5.41, 5.74) is 1.48. The molecule has 4 nitrogen and oxygen atoms in total. The van der Waals surface area contributed by atoms with E-state index in [9.17, 15) is 18.0 Å². The van der Waals surface area contributed by atoms with Gasteiger partial charge in [-0.05, 0) is 23.3 Å². The Morgan fingerprint density at radius 3 is 1.06 bits per heavy atom. The molecule has 0 aliphatic carbocycles. The Morgan fingerprint density at radius 1 is 0.457 bits per heavy atom. The number of rotatable bonds is 8. The van der Waals surface area contributed by atoms with Gasteiger partial charge in [-0.25, -0.2) is 8.42 Å². The number of allylic oxidation sites excluding steroid dienone is 2. The molecule has 0 fully saturated rings. The second-order valence-corrected chi connectivity index (χ2v) is 9.62. The highest BCUT2D eigenvalue weighted by molar-refractivity contribution is 8.01. The summed E-state index contributed by atoms with van der Waals surface area (Å²) in [6.07, 6.45) is 2.64. The Hall–Kier alpha value is -4.35. The van der Waals surface area contributed by atoms with Crippen LogP contribution < -0.4 is 0 Å². The van der Waals surface area contributed by atoms with Crippen molar-refractivity contribution in [2.24, 2.45) is 0 Å². The van der Waals surface area contributed by atoms with E-state index in [0.717, 1.165) is 0 Å². The number of benzene rings is 4. The minimum Gasteiger partial charge on any atom is -0.288 e. The molecule has 0 aliphatic heterocycles. The van der Waals surface area contributed by atoms with Crippen LogP contribution in [0.1, 0.15) is 31.8 Å². The Bertz CT molecular complexity index is 1380. The van der Waals surface area contributed by atoms with Crippen LogP contribution >= 0.6 is 0 Å². The first-order chi connectivity index (χ1) is 17.0. The molecule has 0 heterocycles. The Labute approximate surface area is 204 Å². The molecule has 172 valence electrons. The predicted molar refractivity (Wildman–Crippen MR) is 139 cm³/mol. The summed E-state index contributed by atoms with van der Waals surface area (Å²) in [6, 6.07) is 33.7. The van der Waals surface area contributed by atoms with Gasteiger partial charge in [-0.2, -0.15) is 0 Å². The van der Waals surface area contributed by atoms with Gasteiger partial charge >= 0.3 is 0 Å². The van der Waals surface area contributed by atoms with Crippen molar-refractivity contribution in [2.75, 3.05) is 0 Å². The summed E-state index contributed by atoms with van der Waals surface area (Å²) in [4.78, 5) is 26.1. The first-order valence-corrected chi connectivity index (χ1v) is 12.4. The van der Waals surface area contributed by atoms with Gasteiger partial charge in [0.25, 0.3) is 0 Å². The van der Waals surface area contributed by atoms with Crippen molar-refractivity contribution < 1.29 is 18.0 Å². The Balaban J connectivity index is 1.94. The molecule has 0 saturated carbocycles. The van der Waals surface area contributed by atoms with Crippen molar-refractivity contribution in [3.05, 3.63) is 153 Å². The van der Waals surface area contributed by atoms with E-state index in [1.54, 1.807) is 121 Å². The molecule has 5 heteroatoms. The lowest BCUT2D eigenvalue weighted by Crippen LogP contribution is -2.20. The van der Waals surface area contributed by atoms with E-state index in [4.69, 9.17) is 0 Å². The fourth-order valence-corrected chi connectivity index (χ4v) is 5.06. The first-order valence-electron chi connectivity index (χ1n) is 10.9. The Morgan fingerprint density at radius 2 is 0.743 bits per heavy atom. The lowest BCUT2D eigenvalue weighted by atomic mass is 10.1. The van der Waals surface area contributed by atoms with Crippen molar-refractivity contribution in [3.8, 4) is 0 Å². The van der Waals surface area contributed by atoms with Crippen molar-refractivity contribution >= 4 is 33.6 Å². The van der Waals surface area contributed by atoms with E-state index < -0.39 is 31.2 Å². The van der Waals surface area contributed by atoms with Crippen LogP contribution in [0.15, 0.2) is 131 Å². The Kier molecular flexibility index (Phi) is 7.29. The van der Waals surface area contributed by atoms with Crippen molar-refractivity contribution in [2.45, 2.75) is 0 Å². The molecule has 35 heavy (non-hydrogen) atoms. The average molecular weight is 479 g/mol. The van der Waals surface area contributed by atoms with Crippen molar-refractivity contribution in [3.63, 3.8) is 0 Å². The van der Waals surface area contributed by atoms with E-state index in [0.29, 0.717) is 11.1 Å². The van der Waals surface area contributed by atoms with Crippen LogP contribution in [0.3, 0.4) is 0 Å². The predicted octanol–water partition coefficient (Wildman–Crippen LogP) is 6.25. The summed E-state index contributed by atoms with van der Waals surface area (Å²) in [6.45, 7) is 0. The molecule has 0 radical (unpaired) electrons. The molecule has 4 aromatic carbocycles. The minimum absolute atomic E-state index is 0.212. The van der Waals surface area contributed by atoms with E-state index in [-0.39, 0.29) is 11.1 Å². The SMILES string of the molecule is O=C(/C(=C\c1ccccc1)S(=O)(=O)/C(=C/c1ccccc1)C(=O)c1ccccc1)c1ccccc1. The third kappa shape index (κ3) is 5.60. The van der Waals surface area contributed by atoms with Gasteiger partial charge in [0.15, 0.2) is 0 Å². The maximum Gasteiger partial charge on any atom is 0.214 e. The van der Waals surface area contributed by atoms with Gasteiger partial charge in [0.05, 0.1) is 0 Å². The molecule has 0 unspecified atom stereocenters. The topological polar surface area (TPSA) is 68.3 Å². The fraction of sp³-hybridized carbons (Fsp3) is 0. The fourth-order valence-electron chi connectivity index (χ4n) is 3.51. The second-order valence-electron chi connectivity index (χ2n) is 7.73. The molecule has 4 rings (SSSR count). The van der Waals surface area contributed by atoms with Gasteiger partial charge in [0.2, 0.25) is 21.4 Å². The van der Waals surface area contributed by atoms with E-state index in [1.165, 1.54) is 12.2 Å². The van der Waals surface area contributed by atoms with Crippen LogP contribution in [-0.4, -0.2) is 20.0 Å². The third-order valence-corrected chi connectivity index (χ3v) is 7.06. The molecular weight excluding hydrogens is 456 g/mol. The largest absolute Gasteiger partial charge is 0.288 e. The highest BCUT2D eigenvalue weighted by Gasteiger charge is 2.34. The standard InChI is InChI=1S/C30H22O4S/c31-29(25-17-9-3-10-18-25)27(21-23-13-5-1-6-14-23)35(33,34)28(22-24-15-7-2-8-16-24)30(32)26-19-11-4-12-20-26/h1-22H/b27-21+,28-22+. The molecule has 0 amide bonds. The zero-order valence-electron chi connectivity index (χ0n) is 18.7. The summed E-state index contributed by atoms with van der Waals surface area (Å²) < 4.78 is 28.2. The highest BCUT2D eigenvalue weighted by Crippen LogP contribution is 2.28. The number of carbonyl (C=O) groups is 2. The van der Waals surface area contributed by atoms with Crippen LogP contribution in [-0.2, 0) is 9.84 Å². The average Bonchev–Trinajstić information content (AvgIpc) is 2.91. The van der Waals surface area contributed by atoms with Gasteiger partial charge in [-0.15, -0.1) is 0 Å². The number of hydrogen-bond donors (Lipinski definition) is 0. The zero-order chi connectivity index (χ0) is 24.7. The van der Waals surface area contributed by atoms with Crippen LogP contribution in [0.5, 0.6) is 0 Å². The minimum atomic E-state index is -4.53. The summed E-state index contributed by atoms with van der Waals surface area (Å²) in [7, 11) is -4.53. The molecule has 0 atom stereocenters.